The summed E-state index contributed by atoms with van der Waals surface area (Å²) in [4.78, 5) is 12.7. The zero-order chi connectivity index (χ0) is 19.1. The zero-order valence-corrected chi connectivity index (χ0v) is 15.7. The van der Waals surface area contributed by atoms with Gasteiger partial charge in [-0.1, -0.05) is 40.9 Å². The molecule has 0 N–H and O–H groups in total. The number of alkyl halides is 3. The highest BCUT2D eigenvalue weighted by Gasteiger charge is 2.35. The molecule has 0 fully saturated rings. The van der Waals surface area contributed by atoms with Gasteiger partial charge in [0.2, 0.25) is 0 Å². The average molecular weight is 415 g/mol. The predicted molar refractivity (Wildman–Crippen MR) is 101 cm³/mol. The van der Waals surface area contributed by atoms with Crippen LogP contribution in [-0.2, 0) is 0 Å². The minimum absolute atomic E-state index is 0.0624. The lowest BCUT2D eigenvalue weighted by Crippen LogP contribution is -2.12. The summed E-state index contributed by atoms with van der Waals surface area (Å²) in [5.74, 6) is -0.715. The summed E-state index contributed by atoms with van der Waals surface area (Å²) in [6.07, 6.45) is -4.13. The van der Waals surface area contributed by atoms with Gasteiger partial charge in [0.15, 0.2) is 5.78 Å². The number of hydrogen-bond donors (Lipinski definition) is 0. The molecule has 0 aliphatic heterocycles. The summed E-state index contributed by atoms with van der Waals surface area (Å²) < 4.78 is 41.3. The molecule has 3 aromatic rings. The summed E-state index contributed by atoms with van der Waals surface area (Å²) in [5.41, 5.74) is -0.324. The van der Waals surface area contributed by atoms with Crippen LogP contribution < -0.4 is 0 Å². The number of fused-ring (bicyclic) bond motifs is 1. The molecule has 134 valence electrons. The highest BCUT2D eigenvalue weighted by molar-refractivity contribution is 7.21. The molecule has 1 nitrogen and oxygen atoms in total. The van der Waals surface area contributed by atoms with E-state index >= 15 is 0 Å². The Labute approximate surface area is 161 Å². The molecule has 0 amide bonds. The van der Waals surface area contributed by atoms with E-state index in [1.54, 1.807) is 6.07 Å². The number of carbonyl (C=O) groups excluding carboxylic acids is 1. The Morgan fingerprint density at radius 3 is 2.31 bits per heavy atom. The van der Waals surface area contributed by atoms with Gasteiger partial charge >= 0.3 is 6.18 Å². The number of allylic oxidation sites excluding steroid dienone is 2. The van der Waals surface area contributed by atoms with E-state index in [9.17, 15) is 18.0 Å². The van der Waals surface area contributed by atoms with Crippen LogP contribution in [0.2, 0.25) is 10.0 Å². The maximum atomic E-state index is 13.5. The molecular formula is C19H11Cl2F3OS. The smallest absolute Gasteiger partial charge is 0.288 e. The van der Waals surface area contributed by atoms with Crippen LogP contribution in [0.25, 0.3) is 15.7 Å². The van der Waals surface area contributed by atoms with Gasteiger partial charge in [-0.15, -0.1) is 11.3 Å². The van der Waals surface area contributed by atoms with Crippen LogP contribution in [0, 0.1) is 6.92 Å². The Hall–Kier alpha value is -1.82. The van der Waals surface area contributed by atoms with E-state index in [4.69, 9.17) is 23.2 Å². The lowest BCUT2D eigenvalue weighted by molar-refractivity contribution is -0.0689. The van der Waals surface area contributed by atoms with Crippen molar-refractivity contribution in [2.24, 2.45) is 0 Å². The van der Waals surface area contributed by atoms with E-state index in [0.29, 0.717) is 6.08 Å². The molecule has 1 aromatic heterocycles. The Balaban J connectivity index is 2.07. The van der Waals surface area contributed by atoms with Crippen molar-refractivity contribution in [3.8, 4) is 0 Å². The maximum Gasteiger partial charge on any atom is 0.417 e. The fourth-order valence-electron chi connectivity index (χ4n) is 2.52. The van der Waals surface area contributed by atoms with Crippen molar-refractivity contribution in [2.45, 2.75) is 13.1 Å². The number of thiophene rings is 1. The van der Waals surface area contributed by atoms with Gasteiger partial charge in [0.1, 0.15) is 0 Å². The Morgan fingerprint density at radius 1 is 1.04 bits per heavy atom. The van der Waals surface area contributed by atoms with Gasteiger partial charge in [0, 0.05) is 14.7 Å². The highest BCUT2D eigenvalue weighted by Crippen LogP contribution is 2.37. The van der Waals surface area contributed by atoms with Crippen LogP contribution in [0.3, 0.4) is 0 Å². The normalized spacial score (nSPS) is 12.6. The van der Waals surface area contributed by atoms with E-state index < -0.39 is 17.5 Å². The maximum absolute atomic E-state index is 13.5. The molecule has 2 aromatic carbocycles. The quantitative estimate of drug-likeness (QED) is 0.323. The van der Waals surface area contributed by atoms with Crippen molar-refractivity contribution in [1.82, 2.24) is 0 Å². The van der Waals surface area contributed by atoms with Crippen LogP contribution in [0.15, 0.2) is 48.5 Å². The molecule has 0 radical (unpaired) electrons. The molecule has 0 bridgehead atoms. The number of aryl methyl sites for hydroxylation is 1. The SMILES string of the molecule is Cc1ccc2sc(C(=O)C=C(c3cc(Cl)cc(Cl)c3)C(F)(F)F)cc2c1. The van der Waals surface area contributed by atoms with E-state index in [1.165, 1.54) is 6.07 Å². The fraction of sp³-hybridized carbons (Fsp3) is 0.105. The summed E-state index contributed by atoms with van der Waals surface area (Å²) in [7, 11) is 0. The van der Waals surface area contributed by atoms with E-state index in [1.807, 2.05) is 25.1 Å². The van der Waals surface area contributed by atoms with Gasteiger partial charge in [-0.25, -0.2) is 0 Å². The van der Waals surface area contributed by atoms with Gasteiger partial charge in [-0.3, -0.25) is 4.79 Å². The number of carbonyl (C=O) groups is 1. The summed E-state index contributed by atoms with van der Waals surface area (Å²) in [6.45, 7) is 1.91. The molecule has 1 heterocycles. The zero-order valence-electron chi connectivity index (χ0n) is 13.3. The molecule has 0 atom stereocenters. The summed E-state index contributed by atoms with van der Waals surface area (Å²) in [5, 5.41) is 0.950. The van der Waals surface area contributed by atoms with E-state index in [0.717, 1.165) is 39.1 Å². The van der Waals surface area contributed by atoms with Gasteiger partial charge < -0.3 is 0 Å². The molecular weight excluding hydrogens is 404 g/mol. The molecule has 0 spiro atoms. The second-order valence-corrected chi connectivity index (χ2v) is 7.69. The number of ketones is 1. The van der Waals surface area contributed by atoms with Crippen molar-refractivity contribution in [3.05, 3.63) is 74.6 Å². The molecule has 3 rings (SSSR count). The second kappa shape index (κ2) is 7.06. The topological polar surface area (TPSA) is 17.1 Å². The number of benzene rings is 2. The van der Waals surface area contributed by atoms with Crippen molar-refractivity contribution in [3.63, 3.8) is 0 Å². The molecule has 0 saturated heterocycles. The first-order chi connectivity index (χ1) is 12.1. The first kappa shape index (κ1) is 19.0. The van der Waals surface area contributed by atoms with Gasteiger partial charge in [-0.05, 0) is 54.3 Å². The predicted octanol–water partition coefficient (Wildman–Crippen LogP) is 7.35. The van der Waals surface area contributed by atoms with Crippen molar-refractivity contribution in [1.29, 1.82) is 0 Å². The number of hydrogen-bond acceptors (Lipinski definition) is 2. The third-order valence-electron chi connectivity index (χ3n) is 3.67. The Bertz CT molecular complexity index is 1010. The van der Waals surface area contributed by atoms with Crippen LogP contribution in [0.1, 0.15) is 20.8 Å². The van der Waals surface area contributed by atoms with E-state index in [2.05, 4.69) is 0 Å². The molecule has 26 heavy (non-hydrogen) atoms. The molecule has 7 heteroatoms. The Kier molecular flexibility index (Phi) is 5.15. The van der Waals surface area contributed by atoms with Crippen molar-refractivity contribution < 1.29 is 18.0 Å². The fourth-order valence-corrected chi connectivity index (χ4v) is 4.00. The first-order valence-corrected chi connectivity index (χ1v) is 9.00. The van der Waals surface area contributed by atoms with Gasteiger partial charge in [-0.2, -0.15) is 13.2 Å². The van der Waals surface area contributed by atoms with Crippen LogP contribution in [0.4, 0.5) is 13.2 Å². The lowest BCUT2D eigenvalue weighted by Gasteiger charge is -2.12. The Morgan fingerprint density at radius 2 is 1.69 bits per heavy atom. The number of halogens is 5. The first-order valence-electron chi connectivity index (χ1n) is 7.43. The average Bonchev–Trinajstić information content (AvgIpc) is 2.93. The second-order valence-electron chi connectivity index (χ2n) is 5.73. The lowest BCUT2D eigenvalue weighted by atomic mass is 10.0. The minimum atomic E-state index is -4.73. The van der Waals surface area contributed by atoms with Gasteiger partial charge in [0.25, 0.3) is 0 Å². The largest absolute Gasteiger partial charge is 0.417 e. The molecule has 0 unspecified atom stereocenters. The molecule has 0 aliphatic rings. The standard InChI is InChI=1S/C19H11Cl2F3OS/c1-10-2-3-17-12(4-10)7-18(26-17)16(25)9-15(19(22,23)24)11-5-13(20)8-14(21)6-11/h2-9H,1H3. The van der Waals surface area contributed by atoms with Crippen LogP contribution in [-0.4, -0.2) is 12.0 Å². The monoisotopic (exact) mass is 414 g/mol. The highest BCUT2D eigenvalue weighted by atomic mass is 35.5. The van der Waals surface area contributed by atoms with Crippen molar-refractivity contribution in [2.75, 3.05) is 0 Å². The van der Waals surface area contributed by atoms with Gasteiger partial charge in [0.05, 0.1) is 10.5 Å². The van der Waals surface area contributed by atoms with Crippen molar-refractivity contribution >= 4 is 56.0 Å². The summed E-state index contributed by atoms with van der Waals surface area (Å²) in [6, 6.07) is 10.8. The molecule has 0 aliphatic carbocycles. The minimum Gasteiger partial charge on any atom is -0.288 e. The number of rotatable bonds is 3. The summed E-state index contributed by atoms with van der Waals surface area (Å²) >= 11 is 12.8. The molecule has 0 saturated carbocycles. The van der Waals surface area contributed by atoms with E-state index in [-0.39, 0.29) is 20.5 Å². The third kappa shape index (κ3) is 4.11. The van der Waals surface area contributed by atoms with Crippen LogP contribution >= 0.6 is 34.5 Å². The third-order valence-corrected chi connectivity index (χ3v) is 5.24. The van der Waals surface area contributed by atoms with Crippen LogP contribution in [0.5, 0.6) is 0 Å².